The van der Waals surface area contributed by atoms with Gasteiger partial charge in [-0.2, -0.15) is 5.26 Å². The van der Waals surface area contributed by atoms with Crippen LogP contribution < -0.4 is 4.74 Å². The van der Waals surface area contributed by atoms with Gasteiger partial charge in [0.15, 0.2) is 0 Å². The highest BCUT2D eigenvalue weighted by Gasteiger charge is 2.26. The zero-order valence-electron chi connectivity index (χ0n) is 17.7. The quantitative estimate of drug-likeness (QED) is 0.657. The van der Waals surface area contributed by atoms with Gasteiger partial charge in [-0.1, -0.05) is 56.3 Å². The van der Waals surface area contributed by atoms with Crippen molar-refractivity contribution in [2.45, 2.75) is 26.5 Å². The number of carbonyl (C=O) groups excluding carboxylic acids is 1. The first-order valence-corrected chi connectivity index (χ1v) is 10.4. The lowest BCUT2D eigenvalue weighted by Crippen LogP contribution is -2.52. The predicted octanol–water partition coefficient (Wildman–Crippen LogP) is 3.97. The predicted molar refractivity (Wildman–Crippen MR) is 119 cm³/mol. The molecule has 2 aromatic rings. The van der Waals surface area contributed by atoms with Crippen LogP contribution >= 0.6 is 0 Å². The summed E-state index contributed by atoms with van der Waals surface area (Å²) in [7, 11) is 0. The Kier molecular flexibility index (Phi) is 7.64. The molecule has 1 fully saturated rings. The van der Waals surface area contributed by atoms with Gasteiger partial charge in [-0.05, 0) is 35.3 Å². The van der Waals surface area contributed by atoms with Gasteiger partial charge in [-0.15, -0.1) is 0 Å². The molecule has 0 aliphatic carbocycles. The molecule has 0 N–H and O–H groups in total. The Bertz CT molecular complexity index is 894. The lowest BCUT2D eigenvalue weighted by atomic mass is 10.0. The largest absolute Gasteiger partial charge is 0.489 e. The van der Waals surface area contributed by atoms with Crippen LogP contribution in [-0.2, 0) is 11.4 Å². The van der Waals surface area contributed by atoms with E-state index in [0.717, 1.165) is 30.0 Å². The second-order valence-corrected chi connectivity index (χ2v) is 7.86. The number of hydrogen-bond donors (Lipinski definition) is 0. The topological polar surface area (TPSA) is 56.6 Å². The van der Waals surface area contributed by atoms with E-state index in [1.54, 1.807) is 6.08 Å². The fraction of sp³-hybridized carbons (Fsp3) is 0.360. The third-order valence-corrected chi connectivity index (χ3v) is 5.31. The van der Waals surface area contributed by atoms with E-state index in [9.17, 15) is 10.1 Å². The maximum Gasteiger partial charge on any atom is 0.246 e. The zero-order chi connectivity index (χ0) is 21.3. The molecule has 1 saturated heterocycles. The van der Waals surface area contributed by atoms with Crippen LogP contribution in [0.3, 0.4) is 0 Å². The first-order valence-electron chi connectivity index (χ1n) is 10.4. The van der Waals surface area contributed by atoms with Gasteiger partial charge in [-0.3, -0.25) is 9.69 Å². The first kappa shape index (κ1) is 21.6. The Balaban J connectivity index is 1.52. The minimum atomic E-state index is -0.0866. The van der Waals surface area contributed by atoms with E-state index in [1.807, 2.05) is 65.6 Å². The van der Waals surface area contributed by atoms with E-state index >= 15 is 0 Å². The molecule has 1 heterocycles. The zero-order valence-corrected chi connectivity index (χ0v) is 17.7. The van der Waals surface area contributed by atoms with Gasteiger partial charge in [0.2, 0.25) is 5.91 Å². The van der Waals surface area contributed by atoms with Crippen molar-refractivity contribution in [3.05, 3.63) is 71.8 Å². The summed E-state index contributed by atoms with van der Waals surface area (Å²) in [5.41, 5.74) is 2.04. The Morgan fingerprint density at radius 2 is 1.83 bits per heavy atom. The average Bonchev–Trinajstić information content (AvgIpc) is 2.78. The second-order valence-electron chi connectivity index (χ2n) is 7.86. The van der Waals surface area contributed by atoms with Gasteiger partial charge in [-0.25, -0.2) is 0 Å². The molecule has 1 aliphatic rings. The van der Waals surface area contributed by atoms with E-state index in [0.29, 0.717) is 19.7 Å². The van der Waals surface area contributed by atoms with Crippen molar-refractivity contribution < 1.29 is 9.53 Å². The van der Waals surface area contributed by atoms with Crippen molar-refractivity contribution in [1.29, 1.82) is 5.26 Å². The van der Waals surface area contributed by atoms with E-state index in [4.69, 9.17) is 4.74 Å². The summed E-state index contributed by atoms with van der Waals surface area (Å²) >= 11 is 0. The number of ether oxygens (including phenoxy) is 1. The first-order chi connectivity index (χ1) is 14.6. The normalized spacial score (nSPS) is 15.9. The van der Waals surface area contributed by atoms with Gasteiger partial charge in [0.1, 0.15) is 18.4 Å². The van der Waals surface area contributed by atoms with Gasteiger partial charge in [0.05, 0.1) is 6.07 Å². The van der Waals surface area contributed by atoms with Gasteiger partial charge >= 0.3 is 0 Å². The lowest BCUT2D eigenvalue weighted by molar-refractivity contribution is -0.127. The molecular weight excluding hydrogens is 374 g/mol. The van der Waals surface area contributed by atoms with E-state index in [-0.39, 0.29) is 17.9 Å². The minimum absolute atomic E-state index is 0.00307. The third-order valence-electron chi connectivity index (χ3n) is 5.31. The summed E-state index contributed by atoms with van der Waals surface area (Å²) in [6, 6.07) is 20.1. The van der Waals surface area contributed by atoms with Crippen LogP contribution in [0.5, 0.6) is 5.75 Å². The summed E-state index contributed by atoms with van der Waals surface area (Å²) < 4.78 is 5.86. The summed E-state index contributed by atoms with van der Waals surface area (Å²) in [5.74, 6) is 1.06. The number of hydrogen-bond acceptors (Lipinski definition) is 4. The Morgan fingerprint density at radius 3 is 2.50 bits per heavy atom. The maximum absolute atomic E-state index is 12.6. The molecule has 0 spiro atoms. The molecule has 5 heteroatoms. The average molecular weight is 404 g/mol. The van der Waals surface area contributed by atoms with E-state index < -0.39 is 0 Å². The molecule has 3 rings (SSSR count). The molecule has 1 unspecified atom stereocenters. The highest BCUT2D eigenvalue weighted by molar-refractivity contribution is 5.91. The fourth-order valence-electron chi connectivity index (χ4n) is 3.59. The number of carbonyl (C=O) groups is 1. The molecule has 5 nitrogen and oxygen atoms in total. The number of benzene rings is 2. The van der Waals surface area contributed by atoms with Gasteiger partial charge in [0.25, 0.3) is 0 Å². The summed E-state index contributed by atoms with van der Waals surface area (Å²) in [5, 5.41) is 9.37. The molecule has 1 atom stereocenters. The van der Waals surface area contributed by atoms with Crippen molar-refractivity contribution in [2.75, 3.05) is 26.2 Å². The molecule has 0 aromatic heterocycles. The molecule has 0 radical (unpaired) electrons. The van der Waals surface area contributed by atoms with Crippen LogP contribution in [-0.4, -0.2) is 47.9 Å². The van der Waals surface area contributed by atoms with Crippen LogP contribution in [0, 0.1) is 17.2 Å². The SMILES string of the molecule is CC(C)C(C#N)N1CCN(C(=O)/C=C/c2cccc(OCc3ccccc3)c2)CC1. The molecule has 30 heavy (non-hydrogen) atoms. The Hall–Kier alpha value is -3.10. The van der Waals surface area contributed by atoms with E-state index in [1.165, 1.54) is 0 Å². The van der Waals surface area contributed by atoms with Crippen molar-refractivity contribution >= 4 is 12.0 Å². The maximum atomic E-state index is 12.6. The number of amides is 1. The molecule has 1 aliphatic heterocycles. The number of rotatable bonds is 7. The Labute approximate surface area is 179 Å². The van der Waals surface area contributed by atoms with Crippen molar-refractivity contribution in [1.82, 2.24) is 9.80 Å². The minimum Gasteiger partial charge on any atom is -0.489 e. The van der Waals surface area contributed by atoms with Crippen molar-refractivity contribution in [3.63, 3.8) is 0 Å². The number of nitrogens with zero attached hydrogens (tertiary/aromatic N) is 3. The fourth-order valence-corrected chi connectivity index (χ4v) is 3.59. The smallest absolute Gasteiger partial charge is 0.246 e. The Morgan fingerprint density at radius 1 is 1.10 bits per heavy atom. The van der Waals surface area contributed by atoms with Gasteiger partial charge in [0, 0.05) is 32.3 Å². The van der Waals surface area contributed by atoms with Crippen LogP contribution in [0.1, 0.15) is 25.0 Å². The highest BCUT2D eigenvalue weighted by Crippen LogP contribution is 2.17. The molecular formula is C25H29N3O2. The second kappa shape index (κ2) is 10.6. The molecule has 0 saturated carbocycles. The molecule has 2 aromatic carbocycles. The van der Waals surface area contributed by atoms with E-state index in [2.05, 4.69) is 24.8 Å². The standard InChI is InChI=1S/C25H29N3O2/c1-20(2)24(18-26)27-13-15-28(16-14-27)25(29)12-11-21-9-6-10-23(17-21)30-19-22-7-4-3-5-8-22/h3-12,17,20,24H,13-16,19H2,1-2H3/b12-11+. The van der Waals surface area contributed by atoms with Crippen LogP contribution in [0.15, 0.2) is 60.7 Å². The van der Waals surface area contributed by atoms with Crippen molar-refractivity contribution in [3.8, 4) is 11.8 Å². The third kappa shape index (κ3) is 5.95. The van der Waals surface area contributed by atoms with Crippen LogP contribution in [0.2, 0.25) is 0 Å². The highest BCUT2D eigenvalue weighted by atomic mass is 16.5. The van der Waals surface area contributed by atoms with Crippen LogP contribution in [0.25, 0.3) is 6.08 Å². The molecule has 1 amide bonds. The lowest BCUT2D eigenvalue weighted by Gasteiger charge is -2.37. The monoisotopic (exact) mass is 403 g/mol. The summed E-state index contributed by atoms with van der Waals surface area (Å²) in [4.78, 5) is 16.6. The molecule has 156 valence electrons. The molecule has 0 bridgehead atoms. The number of nitriles is 1. The van der Waals surface area contributed by atoms with Crippen LogP contribution in [0.4, 0.5) is 0 Å². The number of piperazine rings is 1. The van der Waals surface area contributed by atoms with Crippen molar-refractivity contribution in [2.24, 2.45) is 5.92 Å². The van der Waals surface area contributed by atoms with Gasteiger partial charge < -0.3 is 9.64 Å². The summed E-state index contributed by atoms with van der Waals surface area (Å²) in [6.07, 6.45) is 3.45. The summed E-state index contributed by atoms with van der Waals surface area (Å²) in [6.45, 7) is 7.40.